The number of carbonyl (C=O) groups excluding carboxylic acids is 2. The molecule has 10 heteroatoms. The lowest BCUT2D eigenvalue weighted by molar-refractivity contribution is -0.115. The summed E-state index contributed by atoms with van der Waals surface area (Å²) < 4.78 is 23.8. The van der Waals surface area contributed by atoms with Crippen molar-refractivity contribution in [2.75, 3.05) is 10.6 Å². The normalized spacial score (nSPS) is 11.6. The molecule has 156 valence electrons. The van der Waals surface area contributed by atoms with Crippen LogP contribution in [0.3, 0.4) is 0 Å². The number of hydrogen-bond acceptors (Lipinski definition) is 7. The van der Waals surface area contributed by atoms with Gasteiger partial charge in [-0.3, -0.25) is 9.59 Å². The first-order valence-electron chi connectivity index (χ1n) is 8.95. The van der Waals surface area contributed by atoms with Crippen molar-refractivity contribution in [2.45, 2.75) is 30.9 Å². The van der Waals surface area contributed by atoms with Gasteiger partial charge in [-0.1, -0.05) is 11.8 Å². The van der Waals surface area contributed by atoms with Crippen molar-refractivity contribution in [3.05, 3.63) is 60.2 Å². The minimum atomic E-state index is -0.494. The highest BCUT2D eigenvalue weighted by atomic mass is 32.2. The molecule has 8 nitrogen and oxygen atoms in total. The number of aromatic nitrogens is 2. The molecule has 30 heavy (non-hydrogen) atoms. The number of ether oxygens (including phenoxy) is 1. The van der Waals surface area contributed by atoms with Crippen LogP contribution in [0.1, 0.15) is 19.7 Å². The first-order chi connectivity index (χ1) is 14.4. The van der Waals surface area contributed by atoms with Gasteiger partial charge in [-0.15, -0.1) is 10.2 Å². The number of rotatable bonds is 8. The summed E-state index contributed by atoms with van der Waals surface area (Å²) in [7, 11) is 0. The van der Waals surface area contributed by atoms with Gasteiger partial charge in [-0.05, 0) is 55.5 Å². The Morgan fingerprint density at radius 2 is 1.70 bits per heavy atom. The third-order valence-corrected chi connectivity index (χ3v) is 4.68. The maximum Gasteiger partial charge on any atom is 0.277 e. The molecule has 0 radical (unpaired) electrons. The number of carbonyl (C=O) groups is 2. The molecule has 0 saturated carbocycles. The lowest BCUT2D eigenvalue weighted by atomic mass is 10.2. The summed E-state index contributed by atoms with van der Waals surface area (Å²) in [4.78, 5) is 23.4. The molecular formula is C20H19FN4O4S. The molecule has 0 fully saturated rings. The van der Waals surface area contributed by atoms with E-state index >= 15 is 0 Å². The van der Waals surface area contributed by atoms with Crippen LogP contribution in [0, 0.1) is 5.82 Å². The standard InChI is InChI=1S/C20H19FN4O4S/c1-12(19(27)23-16-7-5-15(6-8-16)22-13(2)26)30-20-25-24-18(29-20)11-28-17-9-3-14(21)4-10-17/h3-10,12H,11H2,1-2H3,(H,22,26)(H,23,27). The van der Waals surface area contributed by atoms with E-state index in [1.54, 1.807) is 31.2 Å². The number of hydrogen-bond donors (Lipinski definition) is 2. The molecule has 0 aliphatic heterocycles. The zero-order valence-electron chi connectivity index (χ0n) is 16.2. The highest BCUT2D eigenvalue weighted by molar-refractivity contribution is 8.00. The van der Waals surface area contributed by atoms with Crippen LogP contribution in [0.2, 0.25) is 0 Å². The van der Waals surface area contributed by atoms with Crippen LogP contribution in [0.15, 0.2) is 58.2 Å². The van der Waals surface area contributed by atoms with Gasteiger partial charge < -0.3 is 19.8 Å². The van der Waals surface area contributed by atoms with E-state index in [0.29, 0.717) is 17.1 Å². The van der Waals surface area contributed by atoms with Crippen molar-refractivity contribution in [1.29, 1.82) is 0 Å². The van der Waals surface area contributed by atoms with Gasteiger partial charge >= 0.3 is 0 Å². The summed E-state index contributed by atoms with van der Waals surface area (Å²) in [6, 6.07) is 12.3. The SMILES string of the molecule is CC(=O)Nc1ccc(NC(=O)C(C)Sc2nnc(COc3ccc(F)cc3)o2)cc1. The van der Waals surface area contributed by atoms with Crippen LogP contribution in [0.5, 0.6) is 5.75 Å². The third-order valence-electron chi connectivity index (χ3n) is 3.74. The van der Waals surface area contributed by atoms with E-state index < -0.39 is 5.25 Å². The number of benzene rings is 2. The van der Waals surface area contributed by atoms with Gasteiger partial charge in [0.1, 0.15) is 11.6 Å². The van der Waals surface area contributed by atoms with E-state index in [2.05, 4.69) is 20.8 Å². The summed E-state index contributed by atoms with van der Waals surface area (Å²) >= 11 is 1.11. The van der Waals surface area contributed by atoms with Crippen LogP contribution in [0.25, 0.3) is 0 Å². The Morgan fingerprint density at radius 1 is 1.07 bits per heavy atom. The zero-order valence-corrected chi connectivity index (χ0v) is 17.0. The quantitative estimate of drug-likeness (QED) is 0.523. The molecule has 2 N–H and O–H groups in total. The molecule has 3 rings (SSSR count). The number of thioether (sulfide) groups is 1. The highest BCUT2D eigenvalue weighted by Gasteiger charge is 2.18. The maximum atomic E-state index is 12.9. The Kier molecular flexibility index (Phi) is 7.02. The van der Waals surface area contributed by atoms with Crippen LogP contribution < -0.4 is 15.4 Å². The van der Waals surface area contributed by atoms with E-state index in [1.165, 1.54) is 31.2 Å². The average molecular weight is 430 g/mol. The Morgan fingerprint density at radius 3 is 2.33 bits per heavy atom. The predicted molar refractivity (Wildman–Crippen MR) is 110 cm³/mol. The summed E-state index contributed by atoms with van der Waals surface area (Å²) in [5.74, 6) is -0.0489. The Bertz CT molecular complexity index is 1010. The van der Waals surface area contributed by atoms with Gasteiger partial charge in [-0.25, -0.2) is 4.39 Å². The van der Waals surface area contributed by atoms with Gasteiger partial charge in [0.05, 0.1) is 5.25 Å². The largest absolute Gasteiger partial charge is 0.484 e. The predicted octanol–water partition coefficient (Wildman–Crippen LogP) is 3.87. The van der Waals surface area contributed by atoms with Crippen molar-refractivity contribution in [1.82, 2.24) is 10.2 Å². The van der Waals surface area contributed by atoms with Crippen molar-refractivity contribution >= 4 is 35.0 Å². The van der Waals surface area contributed by atoms with Crippen molar-refractivity contribution in [3.63, 3.8) is 0 Å². The Hall–Kier alpha value is -3.40. The van der Waals surface area contributed by atoms with Crippen molar-refractivity contribution in [3.8, 4) is 5.75 Å². The Balaban J connectivity index is 1.49. The number of halogens is 1. The molecule has 0 spiro atoms. The summed E-state index contributed by atoms with van der Waals surface area (Å²) in [6.45, 7) is 3.16. The molecule has 1 aromatic heterocycles. The number of nitrogens with zero attached hydrogens (tertiary/aromatic N) is 2. The van der Waals surface area contributed by atoms with Gasteiger partial charge in [0.2, 0.25) is 11.8 Å². The van der Waals surface area contributed by atoms with E-state index in [1.807, 2.05) is 0 Å². The topological polar surface area (TPSA) is 106 Å². The maximum absolute atomic E-state index is 12.9. The molecule has 3 aromatic rings. The second-order valence-corrected chi connectivity index (χ2v) is 7.50. The fraction of sp³-hybridized carbons (Fsp3) is 0.200. The van der Waals surface area contributed by atoms with E-state index in [9.17, 15) is 14.0 Å². The zero-order chi connectivity index (χ0) is 21.5. The summed E-state index contributed by atoms with van der Waals surface area (Å²) in [5.41, 5.74) is 1.24. The molecule has 1 heterocycles. The molecule has 2 amide bonds. The second-order valence-electron chi connectivity index (χ2n) is 6.21. The summed E-state index contributed by atoms with van der Waals surface area (Å²) in [6.07, 6.45) is 0. The van der Waals surface area contributed by atoms with E-state index in [4.69, 9.17) is 9.15 Å². The molecule has 0 bridgehead atoms. The molecule has 0 aliphatic rings. The molecule has 1 unspecified atom stereocenters. The smallest absolute Gasteiger partial charge is 0.277 e. The van der Waals surface area contributed by atoms with Crippen LogP contribution in [-0.2, 0) is 16.2 Å². The molecule has 0 saturated heterocycles. The van der Waals surface area contributed by atoms with Crippen LogP contribution in [-0.4, -0.2) is 27.3 Å². The van der Waals surface area contributed by atoms with Gasteiger partial charge in [0.15, 0.2) is 6.61 Å². The van der Waals surface area contributed by atoms with Crippen LogP contribution in [0.4, 0.5) is 15.8 Å². The molecule has 1 atom stereocenters. The van der Waals surface area contributed by atoms with Crippen molar-refractivity contribution < 1.29 is 23.1 Å². The fourth-order valence-corrected chi connectivity index (χ4v) is 3.01. The van der Waals surface area contributed by atoms with Crippen LogP contribution >= 0.6 is 11.8 Å². The average Bonchev–Trinajstić information content (AvgIpc) is 3.16. The first-order valence-corrected chi connectivity index (χ1v) is 9.83. The second kappa shape index (κ2) is 9.88. The van der Waals surface area contributed by atoms with Gasteiger partial charge in [0.25, 0.3) is 11.1 Å². The molecular weight excluding hydrogens is 411 g/mol. The first kappa shape index (κ1) is 21.3. The number of nitrogens with one attached hydrogen (secondary N) is 2. The monoisotopic (exact) mass is 430 g/mol. The van der Waals surface area contributed by atoms with Gasteiger partial charge in [0, 0.05) is 18.3 Å². The van der Waals surface area contributed by atoms with E-state index in [-0.39, 0.29) is 35.4 Å². The van der Waals surface area contributed by atoms with E-state index in [0.717, 1.165) is 11.8 Å². The van der Waals surface area contributed by atoms with Crippen molar-refractivity contribution in [2.24, 2.45) is 0 Å². The van der Waals surface area contributed by atoms with Gasteiger partial charge in [-0.2, -0.15) is 0 Å². The lowest BCUT2D eigenvalue weighted by Gasteiger charge is -2.10. The number of amides is 2. The minimum Gasteiger partial charge on any atom is -0.484 e. The number of anilines is 2. The fourth-order valence-electron chi connectivity index (χ4n) is 2.31. The summed E-state index contributed by atoms with van der Waals surface area (Å²) in [5, 5.41) is 13.0. The third kappa shape index (κ3) is 6.31. The molecule has 2 aromatic carbocycles. The molecule has 0 aliphatic carbocycles. The minimum absolute atomic E-state index is 0.0282. The highest BCUT2D eigenvalue weighted by Crippen LogP contribution is 2.24. The Labute approximate surface area is 176 Å². The lowest BCUT2D eigenvalue weighted by Crippen LogP contribution is -2.22.